The largest absolute Gasteiger partial charge is 0.295 e. The highest BCUT2D eigenvalue weighted by molar-refractivity contribution is 7.15. The molecule has 0 atom stereocenters. The van der Waals surface area contributed by atoms with E-state index in [1.54, 1.807) is 17.7 Å². The van der Waals surface area contributed by atoms with E-state index in [4.69, 9.17) is 15.1 Å². The Hall–Kier alpha value is -3.36. The molecule has 8 heteroatoms. The Labute approximate surface area is 221 Å². The van der Waals surface area contributed by atoms with Gasteiger partial charge in [-0.05, 0) is 68.4 Å². The number of aromatic nitrogens is 5. The van der Waals surface area contributed by atoms with E-state index >= 15 is 0 Å². The zero-order chi connectivity index (χ0) is 24.9. The highest BCUT2D eigenvalue weighted by atomic mass is 32.1. The summed E-state index contributed by atoms with van der Waals surface area (Å²) in [5.74, 6) is 0. The summed E-state index contributed by atoms with van der Waals surface area (Å²) in [5.41, 5.74) is 9.96. The number of hydrogen-bond acceptors (Lipinski definition) is 7. The van der Waals surface area contributed by atoms with Crippen LogP contribution in [0.4, 0.5) is 0 Å². The summed E-state index contributed by atoms with van der Waals surface area (Å²) in [6.07, 6.45) is 8.33. The van der Waals surface area contributed by atoms with Crippen LogP contribution in [0.1, 0.15) is 40.1 Å². The summed E-state index contributed by atoms with van der Waals surface area (Å²) in [6.45, 7) is 9.08. The van der Waals surface area contributed by atoms with E-state index < -0.39 is 0 Å². The van der Waals surface area contributed by atoms with Gasteiger partial charge in [-0.3, -0.25) is 14.9 Å². The van der Waals surface area contributed by atoms with E-state index in [1.165, 1.54) is 51.1 Å². The number of aryl methyl sites for hydroxylation is 2. The fourth-order valence-electron chi connectivity index (χ4n) is 6.02. The van der Waals surface area contributed by atoms with Gasteiger partial charge in [-0.25, -0.2) is 9.97 Å². The second kappa shape index (κ2) is 9.19. The minimum Gasteiger partial charge on any atom is -0.295 e. The molecular weight excluding hydrogens is 478 g/mol. The standard InChI is InChI=1S/C29H31N7S/c1-19-20(2)37-29(33-19)26-23-8-3-4-9-24(23)28-27(26)31-18-32-36(28)35-15-13-34(14-16-35)17-21-11-12-30-25-10-6-5-7-22(21)25/h5-7,10-12,18H,3-4,8-9,13-17H2,1-2H3. The highest BCUT2D eigenvalue weighted by Gasteiger charge is 2.33. The molecule has 188 valence electrons. The molecule has 0 unspecified atom stereocenters. The summed E-state index contributed by atoms with van der Waals surface area (Å²) >= 11 is 1.80. The third-order valence-corrected chi connectivity index (χ3v) is 9.15. The van der Waals surface area contributed by atoms with Crippen molar-refractivity contribution in [3.63, 3.8) is 0 Å². The van der Waals surface area contributed by atoms with Crippen LogP contribution in [-0.2, 0) is 19.4 Å². The normalized spacial score (nSPS) is 16.5. The van der Waals surface area contributed by atoms with Gasteiger partial charge in [-0.2, -0.15) is 4.79 Å². The zero-order valence-corrected chi connectivity index (χ0v) is 22.3. The van der Waals surface area contributed by atoms with Crippen molar-refractivity contribution in [1.29, 1.82) is 0 Å². The number of benzene rings is 1. The number of para-hydroxylation sites is 1. The molecule has 7 rings (SSSR count). The van der Waals surface area contributed by atoms with Crippen molar-refractivity contribution >= 4 is 22.2 Å². The van der Waals surface area contributed by atoms with Crippen LogP contribution in [0.2, 0.25) is 0 Å². The average Bonchev–Trinajstić information content (AvgIpc) is 3.45. The third kappa shape index (κ3) is 3.90. The second-order valence-electron chi connectivity index (χ2n) is 10.3. The molecule has 1 fully saturated rings. The first-order valence-electron chi connectivity index (χ1n) is 13.3. The summed E-state index contributed by atoms with van der Waals surface area (Å²) in [5, 5.41) is 9.58. The van der Waals surface area contributed by atoms with E-state index in [0.717, 1.165) is 67.5 Å². The van der Waals surface area contributed by atoms with Crippen LogP contribution >= 0.6 is 11.3 Å². The number of fused-ring (bicyclic) bond motifs is 4. The lowest BCUT2D eigenvalue weighted by Crippen LogP contribution is -2.52. The molecule has 4 aliphatic rings. The van der Waals surface area contributed by atoms with Gasteiger partial charge < -0.3 is 0 Å². The summed E-state index contributed by atoms with van der Waals surface area (Å²) in [6, 6.07) is 10.6. The highest BCUT2D eigenvalue weighted by Crippen LogP contribution is 2.46. The first-order chi connectivity index (χ1) is 18.2. The number of rotatable bonds is 4. The van der Waals surface area contributed by atoms with Gasteiger partial charge in [0.05, 0.1) is 11.2 Å². The minimum atomic E-state index is 0.935. The lowest BCUT2D eigenvalue weighted by Gasteiger charge is -2.37. The van der Waals surface area contributed by atoms with Gasteiger partial charge in [0.1, 0.15) is 22.7 Å². The summed E-state index contributed by atoms with van der Waals surface area (Å²) < 4.78 is 0. The van der Waals surface area contributed by atoms with Gasteiger partial charge >= 0.3 is 0 Å². The molecule has 0 bridgehead atoms. The Morgan fingerprint density at radius 3 is 2.54 bits per heavy atom. The Balaban J connectivity index is 1.18. The number of thiazole rings is 1. The maximum Gasteiger partial charge on any atom is 0.138 e. The van der Waals surface area contributed by atoms with Gasteiger partial charge in [0.2, 0.25) is 0 Å². The lowest BCUT2D eigenvalue weighted by molar-refractivity contribution is 0.228. The van der Waals surface area contributed by atoms with Crippen molar-refractivity contribution < 1.29 is 0 Å². The lowest BCUT2D eigenvalue weighted by atomic mass is 9.93. The van der Waals surface area contributed by atoms with E-state index in [1.807, 2.05) is 6.20 Å². The monoisotopic (exact) mass is 509 g/mol. The maximum atomic E-state index is 4.95. The molecule has 1 aromatic carbocycles. The molecule has 37 heavy (non-hydrogen) atoms. The third-order valence-electron chi connectivity index (χ3n) is 8.06. The van der Waals surface area contributed by atoms with Crippen LogP contribution < -0.4 is 5.01 Å². The van der Waals surface area contributed by atoms with Crippen molar-refractivity contribution in [3.8, 4) is 22.0 Å². The van der Waals surface area contributed by atoms with Crippen molar-refractivity contribution in [2.45, 2.75) is 46.1 Å². The predicted octanol–water partition coefficient (Wildman–Crippen LogP) is 5.00. The van der Waals surface area contributed by atoms with Gasteiger partial charge in [0, 0.05) is 54.7 Å². The molecule has 0 radical (unpaired) electrons. The Kier molecular flexibility index (Phi) is 5.66. The first kappa shape index (κ1) is 22.8. The molecule has 4 heterocycles. The first-order valence-corrected chi connectivity index (χ1v) is 14.1. The van der Waals surface area contributed by atoms with E-state index in [2.05, 4.69) is 63.9 Å². The molecule has 3 aromatic rings. The molecule has 2 aliphatic heterocycles. The number of hydrogen-bond donors (Lipinski definition) is 0. The summed E-state index contributed by atoms with van der Waals surface area (Å²) in [4.78, 5) is 20.3. The molecule has 0 saturated carbocycles. The van der Waals surface area contributed by atoms with Crippen LogP contribution in [0, 0.1) is 13.8 Å². The smallest absolute Gasteiger partial charge is 0.138 e. The fraction of sp³-hybridized carbons (Fsp3) is 0.379. The Morgan fingerprint density at radius 1 is 0.919 bits per heavy atom. The van der Waals surface area contributed by atoms with Crippen molar-refractivity contribution in [3.05, 3.63) is 70.1 Å². The van der Waals surface area contributed by atoms with Crippen LogP contribution in [0.15, 0.2) is 42.9 Å². The Morgan fingerprint density at radius 2 is 1.73 bits per heavy atom. The molecule has 0 amide bonds. The number of piperazine rings is 1. The van der Waals surface area contributed by atoms with Crippen molar-refractivity contribution in [1.82, 2.24) is 29.7 Å². The molecular formula is C29H31N7S. The van der Waals surface area contributed by atoms with Gasteiger partial charge in [-0.1, -0.05) is 18.2 Å². The van der Waals surface area contributed by atoms with E-state index in [9.17, 15) is 0 Å². The molecule has 1 saturated heterocycles. The molecule has 0 spiro atoms. The summed E-state index contributed by atoms with van der Waals surface area (Å²) in [7, 11) is 0. The van der Waals surface area contributed by atoms with Crippen LogP contribution in [-0.4, -0.2) is 55.9 Å². The number of pyridine rings is 1. The molecule has 0 N–H and O–H groups in total. The SMILES string of the molecule is Cc1nc(-c2c3ncnn(N4CCN(Cc5ccnc6ccccc56)CC4)c-3c3c2CCCC3)sc1C. The van der Waals surface area contributed by atoms with Crippen molar-refractivity contribution in [2.75, 3.05) is 31.2 Å². The van der Waals surface area contributed by atoms with Gasteiger partial charge in [-0.15, -0.1) is 16.4 Å². The zero-order valence-electron chi connectivity index (χ0n) is 21.4. The minimum absolute atomic E-state index is 0.935. The van der Waals surface area contributed by atoms with Crippen molar-refractivity contribution in [2.24, 2.45) is 0 Å². The van der Waals surface area contributed by atoms with Crippen LogP contribution in [0.25, 0.3) is 32.9 Å². The fourth-order valence-corrected chi connectivity index (χ4v) is 7.01. The number of nitrogens with zero attached hydrogens (tertiary/aromatic N) is 7. The maximum absolute atomic E-state index is 4.95. The topological polar surface area (TPSA) is 63.0 Å². The van der Waals surface area contributed by atoms with Gasteiger partial charge in [0.25, 0.3) is 0 Å². The second-order valence-corrected chi connectivity index (χ2v) is 11.5. The molecule has 2 aliphatic carbocycles. The van der Waals surface area contributed by atoms with E-state index in [0.29, 0.717) is 0 Å². The average molecular weight is 510 g/mol. The van der Waals surface area contributed by atoms with Crippen LogP contribution in [0.5, 0.6) is 0 Å². The quantitative estimate of drug-likeness (QED) is 0.340. The van der Waals surface area contributed by atoms with E-state index in [-0.39, 0.29) is 0 Å². The molecule has 2 aromatic heterocycles. The van der Waals surface area contributed by atoms with Gasteiger partial charge in [0.15, 0.2) is 0 Å². The predicted molar refractivity (Wildman–Crippen MR) is 149 cm³/mol. The molecule has 7 nitrogen and oxygen atoms in total. The van der Waals surface area contributed by atoms with Crippen LogP contribution in [0.3, 0.4) is 0 Å². The Bertz CT molecular complexity index is 1540.